The molecule has 194 valence electrons. The fourth-order valence-corrected chi connectivity index (χ4v) is 4.04. The summed E-state index contributed by atoms with van der Waals surface area (Å²) in [5.74, 6) is -2.63. The lowest BCUT2D eigenvalue weighted by molar-refractivity contribution is -0.385. The standard InChI is InChI=1S/C25H30N2O9/c1-3-15-8-10-16(11-9-15)12-27-14-26-17-6-5-7-18(20(17)27)36-25(32)22(29)21(28)19(35-23(25)30)13-34-24(31)33-4-2/h5-11,14,19,21-23,28-30,32H,3-4,12-13H2,1-2H3/t19-,21-,22+,23?,25+/m1/s1. The molecule has 2 aromatic carbocycles. The molecule has 1 fully saturated rings. The number of ether oxygens (including phenoxy) is 4. The zero-order valence-electron chi connectivity index (χ0n) is 20.0. The van der Waals surface area contributed by atoms with Gasteiger partial charge in [-0.05, 0) is 36.6 Å². The van der Waals surface area contributed by atoms with Crippen molar-refractivity contribution in [2.45, 2.75) is 57.2 Å². The summed E-state index contributed by atoms with van der Waals surface area (Å²) in [6, 6.07) is 13.1. The Morgan fingerprint density at radius 2 is 1.81 bits per heavy atom. The number of carbonyl (C=O) groups is 1. The summed E-state index contributed by atoms with van der Waals surface area (Å²) in [5.41, 5.74) is 3.29. The van der Waals surface area contributed by atoms with Crippen LogP contribution in [-0.2, 0) is 27.2 Å². The second-order valence-electron chi connectivity index (χ2n) is 8.48. The minimum absolute atomic E-state index is 0.0813. The van der Waals surface area contributed by atoms with Gasteiger partial charge in [-0.3, -0.25) is 0 Å². The Kier molecular flexibility index (Phi) is 7.76. The van der Waals surface area contributed by atoms with E-state index in [1.165, 1.54) is 5.56 Å². The molecule has 4 rings (SSSR count). The predicted octanol–water partition coefficient (Wildman–Crippen LogP) is 1.33. The van der Waals surface area contributed by atoms with E-state index in [1.807, 2.05) is 28.8 Å². The lowest BCUT2D eigenvalue weighted by Gasteiger charge is -2.45. The minimum Gasteiger partial charge on any atom is -0.452 e. The van der Waals surface area contributed by atoms with Crippen LogP contribution in [0, 0.1) is 0 Å². The van der Waals surface area contributed by atoms with Crippen molar-refractivity contribution in [3.63, 3.8) is 0 Å². The largest absolute Gasteiger partial charge is 0.508 e. The first-order valence-corrected chi connectivity index (χ1v) is 11.7. The number of carbonyl (C=O) groups excluding carboxylic acids is 1. The Morgan fingerprint density at radius 3 is 2.50 bits per heavy atom. The summed E-state index contributed by atoms with van der Waals surface area (Å²) >= 11 is 0. The van der Waals surface area contributed by atoms with Crippen molar-refractivity contribution in [3.05, 3.63) is 59.9 Å². The molecule has 0 aliphatic carbocycles. The van der Waals surface area contributed by atoms with Gasteiger partial charge in [0.25, 0.3) is 5.79 Å². The number of hydrogen-bond donors (Lipinski definition) is 4. The normalized spacial score (nSPS) is 26.1. The van der Waals surface area contributed by atoms with Crippen molar-refractivity contribution in [1.82, 2.24) is 9.55 Å². The summed E-state index contributed by atoms with van der Waals surface area (Å²) in [5, 5.41) is 42.8. The van der Waals surface area contributed by atoms with E-state index in [2.05, 4.69) is 16.6 Å². The molecule has 0 radical (unpaired) electrons. The molecule has 3 aromatic rings. The molecular weight excluding hydrogens is 472 g/mol. The Labute approximate surface area is 207 Å². The van der Waals surface area contributed by atoms with Gasteiger partial charge in [0.05, 0.1) is 18.5 Å². The molecule has 36 heavy (non-hydrogen) atoms. The van der Waals surface area contributed by atoms with E-state index in [0.29, 0.717) is 17.6 Å². The second-order valence-corrected chi connectivity index (χ2v) is 8.48. The van der Waals surface area contributed by atoms with Gasteiger partial charge in [-0.2, -0.15) is 0 Å². The van der Waals surface area contributed by atoms with Crippen LogP contribution in [0.5, 0.6) is 5.75 Å². The number of benzene rings is 2. The van der Waals surface area contributed by atoms with Crippen LogP contribution < -0.4 is 4.74 Å². The van der Waals surface area contributed by atoms with Crippen LogP contribution in [0.3, 0.4) is 0 Å². The lowest BCUT2D eigenvalue weighted by Crippen LogP contribution is -2.69. The fraction of sp³-hybridized carbons (Fsp3) is 0.440. The number of para-hydroxylation sites is 1. The van der Waals surface area contributed by atoms with Gasteiger partial charge < -0.3 is 43.9 Å². The van der Waals surface area contributed by atoms with E-state index >= 15 is 0 Å². The van der Waals surface area contributed by atoms with E-state index in [4.69, 9.17) is 14.2 Å². The van der Waals surface area contributed by atoms with Crippen molar-refractivity contribution >= 4 is 17.2 Å². The third-order valence-corrected chi connectivity index (χ3v) is 6.07. The third kappa shape index (κ3) is 5.15. The Bertz CT molecular complexity index is 1180. The molecule has 0 spiro atoms. The maximum atomic E-state index is 11.4. The number of aromatic nitrogens is 2. The molecule has 11 nitrogen and oxygen atoms in total. The Hall–Kier alpha value is -3.22. The Morgan fingerprint density at radius 1 is 1.08 bits per heavy atom. The SMILES string of the molecule is CCOC(=O)OC[C@H]1OC(O)[C@@](O)(Oc2cccc3ncn(Cc4ccc(CC)cc4)c23)[C@@H](O)[C@@H]1O. The van der Waals surface area contributed by atoms with Gasteiger partial charge in [-0.1, -0.05) is 37.3 Å². The van der Waals surface area contributed by atoms with Gasteiger partial charge in [0.2, 0.25) is 6.29 Å². The number of nitrogens with zero attached hydrogens (tertiary/aromatic N) is 2. The third-order valence-electron chi connectivity index (χ3n) is 6.07. The lowest BCUT2D eigenvalue weighted by atomic mass is 9.96. The van der Waals surface area contributed by atoms with Crippen LogP contribution in [0.25, 0.3) is 11.0 Å². The second kappa shape index (κ2) is 10.8. The van der Waals surface area contributed by atoms with E-state index in [9.17, 15) is 25.2 Å². The summed E-state index contributed by atoms with van der Waals surface area (Å²) < 4.78 is 22.2. The molecular formula is C25H30N2O9. The highest BCUT2D eigenvalue weighted by atomic mass is 16.7. The minimum atomic E-state index is -2.73. The Balaban J connectivity index is 1.56. The van der Waals surface area contributed by atoms with Gasteiger partial charge >= 0.3 is 6.16 Å². The molecule has 1 aromatic heterocycles. The molecule has 0 bridgehead atoms. The molecule has 1 saturated heterocycles. The number of aliphatic hydroxyl groups is 4. The summed E-state index contributed by atoms with van der Waals surface area (Å²) in [6.45, 7) is 3.68. The van der Waals surface area contributed by atoms with Crippen LogP contribution in [0.1, 0.15) is 25.0 Å². The van der Waals surface area contributed by atoms with Crippen molar-refractivity contribution < 1.29 is 44.2 Å². The maximum Gasteiger partial charge on any atom is 0.508 e. The molecule has 0 amide bonds. The molecule has 1 unspecified atom stereocenters. The number of aliphatic hydroxyl groups excluding tert-OH is 3. The van der Waals surface area contributed by atoms with Crippen LogP contribution in [0.4, 0.5) is 4.79 Å². The average Bonchev–Trinajstić information content (AvgIpc) is 3.29. The molecule has 11 heteroatoms. The van der Waals surface area contributed by atoms with Gasteiger partial charge in [0, 0.05) is 6.54 Å². The van der Waals surface area contributed by atoms with Gasteiger partial charge in [0.15, 0.2) is 6.10 Å². The van der Waals surface area contributed by atoms with Gasteiger partial charge in [-0.15, -0.1) is 0 Å². The van der Waals surface area contributed by atoms with Gasteiger partial charge in [-0.25, -0.2) is 9.78 Å². The zero-order chi connectivity index (χ0) is 25.9. The molecule has 4 N–H and O–H groups in total. The van der Waals surface area contributed by atoms with E-state index in [0.717, 1.165) is 12.0 Å². The first-order chi connectivity index (χ1) is 17.3. The maximum absolute atomic E-state index is 11.4. The van der Waals surface area contributed by atoms with Crippen molar-refractivity contribution in [1.29, 1.82) is 0 Å². The van der Waals surface area contributed by atoms with Crippen molar-refractivity contribution in [3.8, 4) is 5.75 Å². The van der Waals surface area contributed by atoms with E-state index < -0.39 is 43.2 Å². The summed E-state index contributed by atoms with van der Waals surface area (Å²) in [6.07, 6.45) is -5.63. The van der Waals surface area contributed by atoms with E-state index in [1.54, 1.807) is 31.5 Å². The van der Waals surface area contributed by atoms with E-state index in [-0.39, 0.29) is 12.4 Å². The molecule has 1 aliphatic heterocycles. The van der Waals surface area contributed by atoms with Crippen LogP contribution in [0.2, 0.25) is 0 Å². The average molecular weight is 503 g/mol. The zero-order valence-corrected chi connectivity index (χ0v) is 20.0. The molecule has 5 atom stereocenters. The smallest absolute Gasteiger partial charge is 0.452 e. The highest BCUT2D eigenvalue weighted by Gasteiger charge is 2.57. The number of hydrogen-bond acceptors (Lipinski definition) is 10. The highest BCUT2D eigenvalue weighted by Crippen LogP contribution is 2.35. The topological polar surface area (TPSA) is 153 Å². The highest BCUT2D eigenvalue weighted by molar-refractivity contribution is 5.82. The molecule has 0 saturated carbocycles. The monoisotopic (exact) mass is 502 g/mol. The summed E-state index contributed by atoms with van der Waals surface area (Å²) in [4.78, 5) is 15.8. The number of imidazole rings is 1. The number of rotatable bonds is 8. The molecule has 2 heterocycles. The van der Waals surface area contributed by atoms with Gasteiger partial charge in [0.1, 0.15) is 30.1 Å². The van der Waals surface area contributed by atoms with Crippen LogP contribution in [0.15, 0.2) is 48.8 Å². The van der Waals surface area contributed by atoms with Crippen molar-refractivity contribution in [2.75, 3.05) is 13.2 Å². The summed E-state index contributed by atoms with van der Waals surface area (Å²) in [7, 11) is 0. The van der Waals surface area contributed by atoms with Crippen LogP contribution in [-0.4, -0.2) is 79.7 Å². The molecule has 1 aliphatic rings. The first kappa shape index (κ1) is 25.9. The number of fused-ring (bicyclic) bond motifs is 1. The predicted molar refractivity (Wildman–Crippen MR) is 126 cm³/mol. The fourth-order valence-electron chi connectivity index (χ4n) is 4.04. The van der Waals surface area contributed by atoms with Crippen molar-refractivity contribution in [2.24, 2.45) is 0 Å². The quantitative estimate of drug-likeness (QED) is 0.262. The number of aryl methyl sites for hydroxylation is 1. The first-order valence-electron chi connectivity index (χ1n) is 11.7. The van der Waals surface area contributed by atoms with Crippen LogP contribution >= 0.6 is 0 Å².